The van der Waals surface area contributed by atoms with Gasteiger partial charge < -0.3 is 10.0 Å². The quantitative estimate of drug-likeness (QED) is 0.898. The summed E-state index contributed by atoms with van der Waals surface area (Å²) in [5, 5.41) is 9.71. The van der Waals surface area contributed by atoms with Crippen molar-refractivity contribution in [2.24, 2.45) is 0 Å². The molecular weight excluding hydrogens is 318 g/mol. The molecule has 0 saturated carbocycles. The number of benzene rings is 1. The highest BCUT2D eigenvalue weighted by Gasteiger charge is 2.34. The van der Waals surface area contributed by atoms with Gasteiger partial charge in [-0.2, -0.15) is 0 Å². The molecule has 1 fully saturated rings. The zero-order valence-corrected chi connectivity index (χ0v) is 13.0. The fourth-order valence-corrected chi connectivity index (χ4v) is 4.10. The van der Waals surface area contributed by atoms with E-state index in [2.05, 4.69) is 0 Å². The summed E-state index contributed by atoms with van der Waals surface area (Å²) < 4.78 is 0. The average Bonchev–Trinajstić information content (AvgIpc) is 2.88. The summed E-state index contributed by atoms with van der Waals surface area (Å²) in [6, 6.07) is 6.82. The van der Waals surface area contributed by atoms with Crippen molar-refractivity contribution in [1.29, 1.82) is 0 Å². The lowest BCUT2D eigenvalue weighted by molar-refractivity contribution is -0.146. The predicted octanol–water partition coefficient (Wildman–Crippen LogP) is 2.56. The van der Waals surface area contributed by atoms with Gasteiger partial charge in [0.25, 0.3) is 0 Å². The van der Waals surface area contributed by atoms with E-state index in [1.807, 2.05) is 18.2 Å². The first-order valence-corrected chi connectivity index (χ1v) is 8.69. The van der Waals surface area contributed by atoms with Gasteiger partial charge in [-0.25, -0.2) is 4.79 Å². The van der Waals surface area contributed by atoms with E-state index in [0.717, 1.165) is 5.56 Å². The molecule has 20 heavy (non-hydrogen) atoms. The minimum absolute atomic E-state index is 0.116. The van der Waals surface area contributed by atoms with Crippen molar-refractivity contribution in [1.82, 2.24) is 4.90 Å². The summed E-state index contributed by atoms with van der Waals surface area (Å²) in [4.78, 5) is 24.5. The standard InChI is InChI=1S/C13H14ClNO3S2/c14-10-3-1-2-9(4-10)5-19-7-12(16)15-8-20-6-11(15)13(17)18/h1-4,11H,5-8H2,(H,17,18). The third kappa shape index (κ3) is 4.07. The lowest BCUT2D eigenvalue weighted by atomic mass is 10.2. The van der Waals surface area contributed by atoms with Crippen molar-refractivity contribution in [3.63, 3.8) is 0 Å². The van der Waals surface area contributed by atoms with Crippen LogP contribution in [0.15, 0.2) is 24.3 Å². The lowest BCUT2D eigenvalue weighted by Crippen LogP contribution is -2.42. The van der Waals surface area contributed by atoms with Crippen molar-refractivity contribution < 1.29 is 14.7 Å². The van der Waals surface area contributed by atoms with Gasteiger partial charge in [0, 0.05) is 16.5 Å². The second-order valence-electron chi connectivity index (χ2n) is 4.34. The van der Waals surface area contributed by atoms with E-state index < -0.39 is 12.0 Å². The number of hydrogen-bond donors (Lipinski definition) is 1. The normalized spacial score (nSPS) is 18.2. The van der Waals surface area contributed by atoms with Gasteiger partial charge >= 0.3 is 5.97 Å². The molecule has 0 radical (unpaired) electrons. The summed E-state index contributed by atoms with van der Waals surface area (Å²) in [5.74, 6) is 0.868. The second-order valence-corrected chi connectivity index (χ2v) is 6.76. The number of thioether (sulfide) groups is 2. The lowest BCUT2D eigenvalue weighted by Gasteiger charge is -2.20. The van der Waals surface area contributed by atoms with Crippen molar-refractivity contribution in [3.05, 3.63) is 34.9 Å². The zero-order chi connectivity index (χ0) is 14.5. The van der Waals surface area contributed by atoms with Gasteiger partial charge in [0.15, 0.2) is 0 Å². The summed E-state index contributed by atoms with van der Waals surface area (Å²) in [6.45, 7) is 0. The molecule has 1 aliphatic rings. The summed E-state index contributed by atoms with van der Waals surface area (Å²) in [6.07, 6.45) is 0. The summed E-state index contributed by atoms with van der Waals surface area (Å²) in [5.41, 5.74) is 1.06. The Hall–Kier alpha value is -0.850. The fourth-order valence-electron chi connectivity index (χ4n) is 1.86. The molecular formula is C13H14ClNO3S2. The Kier molecular flexibility index (Phi) is 5.63. The average molecular weight is 332 g/mol. The number of amides is 1. The number of aliphatic carboxylic acids is 1. The smallest absolute Gasteiger partial charge is 0.327 e. The highest BCUT2D eigenvalue weighted by molar-refractivity contribution is 7.99. The summed E-state index contributed by atoms with van der Waals surface area (Å²) >= 11 is 8.84. The minimum Gasteiger partial charge on any atom is -0.480 e. The number of carbonyl (C=O) groups excluding carboxylic acids is 1. The maximum atomic E-state index is 12.0. The molecule has 1 aromatic carbocycles. The van der Waals surface area contributed by atoms with Crippen LogP contribution >= 0.6 is 35.1 Å². The van der Waals surface area contributed by atoms with Gasteiger partial charge in [0.2, 0.25) is 5.91 Å². The van der Waals surface area contributed by atoms with Crippen LogP contribution in [0, 0.1) is 0 Å². The maximum Gasteiger partial charge on any atom is 0.327 e. The molecule has 1 saturated heterocycles. The Morgan fingerprint density at radius 1 is 1.50 bits per heavy atom. The Morgan fingerprint density at radius 3 is 3.00 bits per heavy atom. The molecule has 1 unspecified atom stereocenters. The fraction of sp³-hybridized carbons (Fsp3) is 0.385. The largest absolute Gasteiger partial charge is 0.480 e. The minimum atomic E-state index is -0.928. The van der Waals surface area contributed by atoms with E-state index >= 15 is 0 Å². The van der Waals surface area contributed by atoms with E-state index in [1.165, 1.54) is 28.4 Å². The third-order valence-electron chi connectivity index (χ3n) is 2.87. The molecule has 0 aliphatic carbocycles. The van der Waals surface area contributed by atoms with Crippen LogP contribution in [0.3, 0.4) is 0 Å². The molecule has 1 aromatic rings. The van der Waals surface area contributed by atoms with Crippen molar-refractivity contribution in [2.75, 3.05) is 17.4 Å². The van der Waals surface area contributed by atoms with Crippen LogP contribution in [-0.2, 0) is 15.3 Å². The van der Waals surface area contributed by atoms with Crippen LogP contribution < -0.4 is 0 Å². The molecule has 4 nitrogen and oxygen atoms in total. The van der Waals surface area contributed by atoms with Crippen LogP contribution in [0.5, 0.6) is 0 Å². The number of carboxylic acids is 1. The zero-order valence-electron chi connectivity index (χ0n) is 10.6. The molecule has 2 rings (SSSR count). The van der Waals surface area contributed by atoms with E-state index in [0.29, 0.717) is 22.4 Å². The molecule has 108 valence electrons. The van der Waals surface area contributed by atoms with Gasteiger partial charge in [-0.15, -0.1) is 23.5 Å². The molecule has 1 amide bonds. The van der Waals surface area contributed by atoms with E-state index in [-0.39, 0.29) is 11.7 Å². The first-order valence-electron chi connectivity index (χ1n) is 6.00. The van der Waals surface area contributed by atoms with E-state index in [4.69, 9.17) is 16.7 Å². The van der Waals surface area contributed by atoms with Crippen LogP contribution in [0.4, 0.5) is 0 Å². The number of halogens is 1. The van der Waals surface area contributed by atoms with E-state index in [9.17, 15) is 9.59 Å². The number of carboxylic acid groups (broad SMARTS) is 1. The number of rotatable bonds is 5. The molecule has 1 aliphatic heterocycles. The van der Waals surface area contributed by atoms with Crippen LogP contribution in [0.1, 0.15) is 5.56 Å². The Morgan fingerprint density at radius 2 is 2.30 bits per heavy atom. The van der Waals surface area contributed by atoms with Crippen molar-refractivity contribution in [3.8, 4) is 0 Å². The van der Waals surface area contributed by atoms with E-state index in [1.54, 1.807) is 6.07 Å². The number of carbonyl (C=O) groups is 2. The first kappa shape index (κ1) is 15.5. The predicted molar refractivity (Wildman–Crippen MR) is 83.2 cm³/mol. The number of hydrogen-bond acceptors (Lipinski definition) is 4. The molecule has 7 heteroatoms. The number of nitrogens with zero attached hydrogens (tertiary/aromatic N) is 1. The first-order chi connectivity index (χ1) is 9.58. The van der Waals surface area contributed by atoms with Gasteiger partial charge in [-0.3, -0.25) is 4.79 Å². The van der Waals surface area contributed by atoms with Crippen molar-refractivity contribution in [2.45, 2.75) is 11.8 Å². The van der Waals surface area contributed by atoms with Gasteiger partial charge in [-0.1, -0.05) is 23.7 Å². The maximum absolute atomic E-state index is 12.0. The SMILES string of the molecule is O=C(O)C1CSCN1C(=O)CSCc1cccc(Cl)c1. The van der Waals surface area contributed by atoms with Crippen LogP contribution in [-0.4, -0.2) is 45.3 Å². The Labute approximate surface area is 130 Å². The van der Waals surface area contributed by atoms with Crippen LogP contribution in [0.2, 0.25) is 5.02 Å². The third-order valence-corrected chi connectivity index (χ3v) is 5.11. The Balaban J connectivity index is 1.82. The van der Waals surface area contributed by atoms with Gasteiger partial charge in [-0.05, 0) is 17.7 Å². The molecule has 1 heterocycles. The van der Waals surface area contributed by atoms with Gasteiger partial charge in [0.05, 0.1) is 11.6 Å². The molecule has 0 aromatic heterocycles. The highest BCUT2D eigenvalue weighted by atomic mass is 35.5. The highest BCUT2D eigenvalue weighted by Crippen LogP contribution is 2.23. The molecule has 0 bridgehead atoms. The van der Waals surface area contributed by atoms with Crippen LogP contribution in [0.25, 0.3) is 0 Å². The molecule has 1 atom stereocenters. The second kappa shape index (κ2) is 7.24. The molecule has 1 N–H and O–H groups in total. The van der Waals surface area contributed by atoms with Crippen molar-refractivity contribution >= 4 is 47.0 Å². The van der Waals surface area contributed by atoms with Gasteiger partial charge in [0.1, 0.15) is 6.04 Å². The monoisotopic (exact) mass is 331 g/mol. The molecule has 0 spiro atoms. The summed E-state index contributed by atoms with van der Waals surface area (Å²) in [7, 11) is 0. The topological polar surface area (TPSA) is 57.6 Å². The Bertz CT molecular complexity index is 512.